The highest BCUT2D eigenvalue weighted by Crippen LogP contribution is 2.19. The lowest BCUT2D eigenvalue weighted by molar-refractivity contribution is -0.114. The second kappa shape index (κ2) is 5.58. The van der Waals surface area contributed by atoms with Crippen LogP contribution in [0.2, 0.25) is 0 Å². The van der Waals surface area contributed by atoms with Crippen molar-refractivity contribution in [1.82, 2.24) is 9.97 Å². The van der Waals surface area contributed by atoms with Crippen molar-refractivity contribution in [2.24, 2.45) is 0 Å². The molecule has 5 nitrogen and oxygen atoms in total. The number of nitrogens with zero attached hydrogens (tertiary/aromatic N) is 2. The zero-order chi connectivity index (χ0) is 13.8. The number of aryl methyl sites for hydroxylation is 1. The molecular weight excluding hydrogens is 242 g/mol. The summed E-state index contributed by atoms with van der Waals surface area (Å²) in [5.41, 5.74) is 3.17. The summed E-state index contributed by atoms with van der Waals surface area (Å²) in [5, 5.41) is 11.6. The first-order chi connectivity index (χ1) is 9.10. The summed E-state index contributed by atoms with van der Waals surface area (Å²) >= 11 is 0. The van der Waals surface area contributed by atoms with Crippen LogP contribution in [0.3, 0.4) is 0 Å². The summed E-state index contributed by atoms with van der Waals surface area (Å²) < 4.78 is 0. The normalized spacial score (nSPS) is 10.3. The number of carbonyl (C=O) groups is 1. The summed E-state index contributed by atoms with van der Waals surface area (Å²) in [7, 11) is 0. The molecule has 2 aromatic rings. The minimum atomic E-state index is -0.169. The fourth-order valence-corrected chi connectivity index (χ4v) is 1.69. The summed E-state index contributed by atoms with van der Waals surface area (Å²) in [6.07, 6.45) is 1.62. The van der Waals surface area contributed by atoms with Gasteiger partial charge in [0.05, 0.1) is 24.2 Å². The molecule has 5 heteroatoms. The first-order valence-corrected chi connectivity index (χ1v) is 5.91. The van der Waals surface area contributed by atoms with Crippen LogP contribution in [-0.4, -0.2) is 21.0 Å². The number of hydrogen-bond acceptors (Lipinski definition) is 4. The average Bonchev–Trinajstić information content (AvgIpc) is 2.41. The number of anilines is 1. The Labute approximate surface area is 111 Å². The number of hydrogen-bond donors (Lipinski definition) is 2. The van der Waals surface area contributed by atoms with E-state index in [4.69, 9.17) is 5.11 Å². The van der Waals surface area contributed by atoms with Crippen molar-refractivity contribution in [2.45, 2.75) is 20.5 Å². The van der Waals surface area contributed by atoms with Crippen molar-refractivity contribution in [3.8, 4) is 11.3 Å². The van der Waals surface area contributed by atoms with Crippen molar-refractivity contribution in [1.29, 1.82) is 0 Å². The molecule has 0 spiro atoms. The minimum absolute atomic E-state index is 0.0203. The molecule has 0 unspecified atom stereocenters. The van der Waals surface area contributed by atoms with Gasteiger partial charge in [0.25, 0.3) is 0 Å². The topological polar surface area (TPSA) is 75.1 Å². The minimum Gasteiger partial charge on any atom is -0.392 e. The Morgan fingerprint density at radius 3 is 2.53 bits per heavy atom. The number of aliphatic hydroxyl groups is 1. The van der Waals surface area contributed by atoms with Gasteiger partial charge in [0.2, 0.25) is 5.91 Å². The molecule has 1 heterocycles. The summed E-state index contributed by atoms with van der Waals surface area (Å²) in [4.78, 5) is 19.6. The first kappa shape index (κ1) is 13.2. The molecule has 2 N–H and O–H groups in total. The molecule has 2 rings (SSSR count). The van der Waals surface area contributed by atoms with Gasteiger partial charge in [-0.15, -0.1) is 0 Å². The second-order valence-corrected chi connectivity index (χ2v) is 4.23. The van der Waals surface area contributed by atoms with Crippen LogP contribution in [0.5, 0.6) is 0 Å². The van der Waals surface area contributed by atoms with Crippen LogP contribution in [0.4, 0.5) is 5.82 Å². The third kappa shape index (κ3) is 3.14. The summed E-state index contributed by atoms with van der Waals surface area (Å²) in [6.45, 7) is 3.25. The fraction of sp³-hybridized carbons (Fsp3) is 0.214. The van der Waals surface area contributed by atoms with Gasteiger partial charge in [-0.05, 0) is 12.5 Å². The molecule has 98 valence electrons. The van der Waals surface area contributed by atoms with E-state index in [1.165, 1.54) is 6.92 Å². The van der Waals surface area contributed by atoms with Gasteiger partial charge in [0.15, 0.2) is 5.82 Å². The predicted octanol–water partition coefficient (Wildman–Crippen LogP) is 1.90. The Morgan fingerprint density at radius 1 is 1.32 bits per heavy atom. The maximum Gasteiger partial charge on any atom is 0.222 e. The van der Waals surface area contributed by atoms with Crippen molar-refractivity contribution >= 4 is 11.7 Å². The van der Waals surface area contributed by atoms with E-state index < -0.39 is 0 Å². The van der Waals surface area contributed by atoms with Gasteiger partial charge in [-0.3, -0.25) is 4.79 Å². The zero-order valence-corrected chi connectivity index (χ0v) is 10.8. The average molecular weight is 257 g/mol. The summed E-state index contributed by atoms with van der Waals surface area (Å²) in [6, 6.07) is 7.45. The molecule has 0 saturated carbocycles. The molecule has 19 heavy (non-hydrogen) atoms. The monoisotopic (exact) mass is 257 g/mol. The fourth-order valence-electron chi connectivity index (χ4n) is 1.69. The van der Waals surface area contributed by atoms with Crippen molar-refractivity contribution in [3.05, 3.63) is 41.7 Å². The van der Waals surface area contributed by atoms with Gasteiger partial charge in [-0.2, -0.15) is 0 Å². The molecule has 0 aliphatic carbocycles. The van der Waals surface area contributed by atoms with Gasteiger partial charge >= 0.3 is 0 Å². The van der Waals surface area contributed by atoms with Crippen molar-refractivity contribution < 1.29 is 9.90 Å². The lowest BCUT2D eigenvalue weighted by Gasteiger charge is -2.07. The van der Waals surface area contributed by atoms with Gasteiger partial charge < -0.3 is 10.4 Å². The van der Waals surface area contributed by atoms with Crippen LogP contribution in [0.25, 0.3) is 11.3 Å². The number of benzene rings is 1. The number of amides is 1. The molecule has 0 radical (unpaired) electrons. The van der Waals surface area contributed by atoms with Crippen LogP contribution in [-0.2, 0) is 11.4 Å². The van der Waals surface area contributed by atoms with Gasteiger partial charge in [-0.1, -0.05) is 24.3 Å². The van der Waals surface area contributed by atoms with Crippen LogP contribution >= 0.6 is 0 Å². The summed E-state index contributed by atoms with van der Waals surface area (Å²) in [5.74, 6) is 0.306. The highest BCUT2D eigenvalue weighted by atomic mass is 16.3. The Hall–Kier alpha value is -2.27. The molecule has 0 aliphatic rings. The quantitative estimate of drug-likeness (QED) is 0.880. The van der Waals surface area contributed by atoms with Crippen LogP contribution in [0.1, 0.15) is 18.2 Å². The standard InChI is InChI=1S/C14H15N3O2/c1-9-14(17-10(2)19)15-7-13(16-9)12-5-3-11(8-18)4-6-12/h3-7,18H,8H2,1-2H3,(H,15,17,19). The van der Waals surface area contributed by atoms with Crippen molar-refractivity contribution in [2.75, 3.05) is 5.32 Å². The Balaban J connectivity index is 2.30. The highest BCUT2D eigenvalue weighted by molar-refractivity contribution is 5.88. The third-order valence-electron chi connectivity index (χ3n) is 2.67. The van der Waals surface area contributed by atoms with E-state index in [-0.39, 0.29) is 12.5 Å². The number of rotatable bonds is 3. The largest absolute Gasteiger partial charge is 0.392 e. The Kier molecular flexibility index (Phi) is 3.87. The van der Waals surface area contributed by atoms with E-state index in [9.17, 15) is 4.79 Å². The first-order valence-electron chi connectivity index (χ1n) is 5.91. The molecule has 0 atom stereocenters. The molecule has 0 aliphatic heterocycles. The van der Waals surface area contributed by atoms with Gasteiger partial charge in [0.1, 0.15) is 0 Å². The highest BCUT2D eigenvalue weighted by Gasteiger charge is 2.06. The maximum atomic E-state index is 11.0. The number of aliphatic hydroxyl groups excluding tert-OH is 1. The van der Waals surface area contributed by atoms with E-state index >= 15 is 0 Å². The van der Waals surface area contributed by atoms with Crippen LogP contribution in [0, 0.1) is 6.92 Å². The van der Waals surface area contributed by atoms with Crippen LogP contribution in [0.15, 0.2) is 30.5 Å². The van der Waals surface area contributed by atoms with Gasteiger partial charge in [0, 0.05) is 12.5 Å². The van der Waals surface area contributed by atoms with E-state index in [1.54, 1.807) is 13.1 Å². The maximum absolute atomic E-state index is 11.0. The Morgan fingerprint density at radius 2 is 2.00 bits per heavy atom. The zero-order valence-electron chi connectivity index (χ0n) is 10.8. The molecular formula is C14H15N3O2. The van der Waals surface area contributed by atoms with Crippen LogP contribution < -0.4 is 5.32 Å². The third-order valence-corrected chi connectivity index (χ3v) is 2.67. The van der Waals surface area contributed by atoms with E-state index in [0.29, 0.717) is 11.5 Å². The molecule has 1 aromatic carbocycles. The molecule has 0 fully saturated rings. The number of nitrogens with one attached hydrogen (secondary N) is 1. The van der Waals surface area contributed by atoms with E-state index in [2.05, 4.69) is 15.3 Å². The number of carbonyl (C=O) groups excluding carboxylic acids is 1. The smallest absolute Gasteiger partial charge is 0.222 e. The Bertz CT molecular complexity index is 594. The lowest BCUT2D eigenvalue weighted by atomic mass is 10.1. The van der Waals surface area contributed by atoms with E-state index in [1.807, 2.05) is 24.3 Å². The van der Waals surface area contributed by atoms with Crippen molar-refractivity contribution in [3.63, 3.8) is 0 Å². The van der Waals surface area contributed by atoms with E-state index in [0.717, 1.165) is 16.8 Å². The molecule has 0 bridgehead atoms. The molecule has 0 saturated heterocycles. The molecule has 1 amide bonds. The lowest BCUT2D eigenvalue weighted by Crippen LogP contribution is -2.10. The predicted molar refractivity (Wildman–Crippen MR) is 72.4 cm³/mol. The molecule has 1 aromatic heterocycles. The second-order valence-electron chi connectivity index (χ2n) is 4.23. The van der Waals surface area contributed by atoms with Gasteiger partial charge in [-0.25, -0.2) is 9.97 Å². The number of aromatic nitrogens is 2. The SMILES string of the molecule is CC(=O)Nc1ncc(-c2ccc(CO)cc2)nc1C.